The molecule has 1 amide bonds. The Morgan fingerprint density at radius 3 is 2.71 bits per heavy atom. The fraction of sp³-hybridized carbons (Fsp3) is 0.562. The van der Waals surface area contributed by atoms with E-state index in [9.17, 15) is 14.9 Å². The lowest BCUT2D eigenvalue weighted by molar-refractivity contribution is -0.384. The van der Waals surface area contributed by atoms with Crippen molar-refractivity contribution in [1.82, 2.24) is 4.90 Å². The highest BCUT2D eigenvalue weighted by Crippen LogP contribution is 2.24. The average Bonchev–Trinajstić information content (AvgIpc) is 2.57. The van der Waals surface area contributed by atoms with Gasteiger partial charge in [-0.05, 0) is 31.4 Å². The number of nitrogens with two attached hydrogens (primary N) is 1. The molecule has 0 aromatic heterocycles. The molecule has 132 valence electrons. The number of nitrogens with zero attached hydrogens (tertiary/aromatic N) is 2. The Labute approximate surface area is 145 Å². The van der Waals surface area contributed by atoms with Crippen molar-refractivity contribution in [3.05, 3.63) is 38.9 Å². The molecule has 0 spiro atoms. The number of nitro benzene ring substituents is 1. The number of hydrogen-bond acceptors (Lipinski definition) is 5. The van der Waals surface area contributed by atoms with Gasteiger partial charge in [-0.3, -0.25) is 14.9 Å². The summed E-state index contributed by atoms with van der Waals surface area (Å²) in [6, 6.07) is 4.19. The van der Waals surface area contributed by atoms with E-state index in [1.807, 2.05) is 0 Å². The molecular weight excluding hydrogens is 334 g/mol. The number of likely N-dealkylation sites (tertiary alicyclic amines) is 1. The maximum atomic E-state index is 12.4. The summed E-state index contributed by atoms with van der Waals surface area (Å²) in [5.74, 6) is -0.0221. The first-order chi connectivity index (χ1) is 11.5. The first-order valence-electron chi connectivity index (χ1n) is 8.03. The molecule has 0 unspecified atom stereocenters. The third-order valence-corrected chi connectivity index (χ3v) is 4.44. The van der Waals surface area contributed by atoms with E-state index in [0.717, 1.165) is 19.3 Å². The van der Waals surface area contributed by atoms with Gasteiger partial charge in [0.25, 0.3) is 5.69 Å². The first kappa shape index (κ1) is 18.6. The maximum Gasteiger partial charge on any atom is 0.270 e. The minimum Gasteiger partial charge on any atom is -0.378 e. The van der Waals surface area contributed by atoms with E-state index in [4.69, 9.17) is 22.1 Å². The number of halogens is 1. The van der Waals surface area contributed by atoms with Crippen LogP contribution in [0.15, 0.2) is 18.2 Å². The first-order valence-corrected chi connectivity index (χ1v) is 8.41. The molecule has 8 heteroatoms. The molecule has 1 fully saturated rings. The van der Waals surface area contributed by atoms with Crippen LogP contribution >= 0.6 is 11.6 Å². The van der Waals surface area contributed by atoms with Crippen LogP contribution in [0.3, 0.4) is 0 Å². The van der Waals surface area contributed by atoms with E-state index in [0.29, 0.717) is 31.8 Å². The Morgan fingerprint density at radius 1 is 1.42 bits per heavy atom. The number of ether oxygens (including phenoxy) is 1. The molecule has 1 saturated heterocycles. The highest BCUT2D eigenvalue weighted by atomic mass is 35.5. The Morgan fingerprint density at radius 2 is 2.12 bits per heavy atom. The van der Waals surface area contributed by atoms with Gasteiger partial charge >= 0.3 is 0 Å². The molecule has 2 rings (SSSR count). The third-order valence-electron chi connectivity index (χ3n) is 4.09. The molecular formula is C16H22ClN3O4. The van der Waals surface area contributed by atoms with Crippen molar-refractivity contribution in [1.29, 1.82) is 0 Å². The van der Waals surface area contributed by atoms with Gasteiger partial charge in [0, 0.05) is 31.8 Å². The van der Waals surface area contributed by atoms with Gasteiger partial charge in [-0.1, -0.05) is 17.7 Å². The minimum absolute atomic E-state index is 0.0221. The highest BCUT2D eigenvalue weighted by molar-refractivity contribution is 6.31. The summed E-state index contributed by atoms with van der Waals surface area (Å²) in [7, 11) is 0. The fourth-order valence-corrected chi connectivity index (χ4v) is 2.91. The van der Waals surface area contributed by atoms with Gasteiger partial charge in [-0.2, -0.15) is 0 Å². The standard InChI is InChI=1S/C16H22ClN3O4/c17-15-11-13(20(22)23)3-2-12(15)10-16(21)19-7-4-14(5-8-19)24-9-1-6-18/h2-3,11,14H,1,4-10,18H2. The number of carbonyl (C=O) groups is 1. The Hall–Kier alpha value is -1.70. The van der Waals surface area contributed by atoms with Crippen molar-refractivity contribution in [2.24, 2.45) is 5.73 Å². The molecule has 0 radical (unpaired) electrons. The van der Waals surface area contributed by atoms with Crippen LogP contribution in [0.1, 0.15) is 24.8 Å². The molecule has 0 bridgehead atoms. The van der Waals surface area contributed by atoms with Gasteiger partial charge in [0.05, 0.1) is 22.5 Å². The summed E-state index contributed by atoms with van der Waals surface area (Å²) in [6.07, 6.45) is 2.80. The van der Waals surface area contributed by atoms with Crippen molar-refractivity contribution < 1.29 is 14.5 Å². The summed E-state index contributed by atoms with van der Waals surface area (Å²) in [4.78, 5) is 24.4. The molecule has 2 N–H and O–H groups in total. The van der Waals surface area contributed by atoms with Gasteiger partial charge in [0.15, 0.2) is 0 Å². The smallest absolute Gasteiger partial charge is 0.270 e. The van der Waals surface area contributed by atoms with Crippen LogP contribution in [0.5, 0.6) is 0 Å². The largest absolute Gasteiger partial charge is 0.378 e. The summed E-state index contributed by atoms with van der Waals surface area (Å²) in [5, 5.41) is 11.0. The van der Waals surface area contributed by atoms with E-state index in [1.165, 1.54) is 12.1 Å². The van der Waals surface area contributed by atoms with Crippen LogP contribution < -0.4 is 5.73 Å². The van der Waals surface area contributed by atoms with Gasteiger partial charge in [0.1, 0.15) is 0 Å². The summed E-state index contributed by atoms with van der Waals surface area (Å²) in [5.41, 5.74) is 5.96. The second kappa shape index (κ2) is 8.96. The molecule has 24 heavy (non-hydrogen) atoms. The number of benzene rings is 1. The van der Waals surface area contributed by atoms with E-state index in [1.54, 1.807) is 11.0 Å². The van der Waals surface area contributed by atoms with Crippen LogP contribution in [-0.2, 0) is 16.0 Å². The Balaban J connectivity index is 1.84. The van der Waals surface area contributed by atoms with E-state index in [-0.39, 0.29) is 29.1 Å². The quantitative estimate of drug-likeness (QED) is 0.459. The number of carbonyl (C=O) groups excluding carboxylic acids is 1. The van der Waals surface area contributed by atoms with Crippen LogP contribution in [0, 0.1) is 10.1 Å². The fourth-order valence-electron chi connectivity index (χ4n) is 2.67. The van der Waals surface area contributed by atoms with E-state index < -0.39 is 4.92 Å². The van der Waals surface area contributed by atoms with Crippen LogP contribution in [0.4, 0.5) is 5.69 Å². The minimum atomic E-state index is -0.507. The highest BCUT2D eigenvalue weighted by Gasteiger charge is 2.24. The summed E-state index contributed by atoms with van der Waals surface area (Å²) in [6.45, 7) is 2.58. The molecule has 1 aromatic carbocycles. The number of piperidine rings is 1. The topological polar surface area (TPSA) is 98.7 Å². The molecule has 0 saturated carbocycles. The maximum absolute atomic E-state index is 12.4. The molecule has 1 aliphatic heterocycles. The number of non-ortho nitro benzene ring substituents is 1. The van der Waals surface area contributed by atoms with Crippen molar-refractivity contribution in [3.8, 4) is 0 Å². The molecule has 7 nitrogen and oxygen atoms in total. The normalized spacial score (nSPS) is 15.5. The number of amides is 1. The van der Waals surface area contributed by atoms with E-state index >= 15 is 0 Å². The van der Waals surface area contributed by atoms with E-state index in [2.05, 4.69) is 0 Å². The number of nitro groups is 1. The van der Waals surface area contributed by atoms with Gasteiger partial charge in [-0.15, -0.1) is 0 Å². The van der Waals surface area contributed by atoms with Crippen molar-refractivity contribution in [2.45, 2.75) is 31.8 Å². The van der Waals surface area contributed by atoms with Crippen LogP contribution in [0.25, 0.3) is 0 Å². The molecule has 1 aliphatic rings. The predicted octanol–water partition coefficient (Wildman–Crippen LogP) is 2.15. The van der Waals surface area contributed by atoms with Crippen molar-refractivity contribution in [2.75, 3.05) is 26.2 Å². The zero-order valence-corrected chi connectivity index (χ0v) is 14.2. The molecule has 0 atom stereocenters. The molecule has 0 aliphatic carbocycles. The van der Waals surface area contributed by atoms with Gasteiger partial charge < -0.3 is 15.4 Å². The van der Waals surface area contributed by atoms with Crippen LogP contribution in [0.2, 0.25) is 5.02 Å². The average molecular weight is 356 g/mol. The lowest BCUT2D eigenvalue weighted by Crippen LogP contribution is -2.41. The Bertz CT molecular complexity index is 589. The Kier molecular flexibility index (Phi) is 6.96. The second-order valence-corrected chi connectivity index (χ2v) is 6.21. The number of rotatable bonds is 7. The third kappa shape index (κ3) is 5.15. The van der Waals surface area contributed by atoms with Gasteiger partial charge in [0.2, 0.25) is 5.91 Å². The molecule has 1 heterocycles. The molecule has 1 aromatic rings. The summed E-state index contributed by atoms with van der Waals surface area (Å²) >= 11 is 6.05. The van der Waals surface area contributed by atoms with Crippen molar-refractivity contribution in [3.63, 3.8) is 0 Å². The van der Waals surface area contributed by atoms with Crippen molar-refractivity contribution >= 4 is 23.2 Å². The van der Waals surface area contributed by atoms with Gasteiger partial charge in [-0.25, -0.2) is 0 Å². The van der Waals surface area contributed by atoms with Crippen LogP contribution in [-0.4, -0.2) is 48.1 Å². The summed E-state index contributed by atoms with van der Waals surface area (Å²) < 4.78 is 5.72. The lowest BCUT2D eigenvalue weighted by Gasteiger charge is -2.32. The monoisotopic (exact) mass is 355 g/mol. The SMILES string of the molecule is NCCCOC1CCN(C(=O)Cc2ccc([N+](=O)[O-])cc2Cl)CC1. The lowest BCUT2D eigenvalue weighted by atomic mass is 10.1. The number of hydrogen-bond donors (Lipinski definition) is 1. The zero-order valence-electron chi connectivity index (χ0n) is 13.4. The predicted molar refractivity (Wildman–Crippen MR) is 91.0 cm³/mol. The second-order valence-electron chi connectivity index (χ2n) is 5.80. The zero-order chi connectivity index (χ0) is 17.5.